The Labute approximate surface area is 192 Å². The fourth-order valence-corrected chi connectivity index (χ4v) is 3.18. The summed E-state index contributed by atoms with van der Waals surface area (Å²) in [4.78, 5) is 16.4. The number of hydrogen-bond donors (Lipinski definition) is 2. The van der Waals surface area contributed by atoms with Crippen molar-refractivity contribution in [1.29, 1.82) is 0 Å². The van der Waals surface area contributed by atoms with Gasteiger partial charge in [0.15, 0.2) is 23.1 Å². The number of urea groups is 1. The fourth-order valence-electron chi connectivity index (χ4n) is 3.18. The number of ether oxygens (including phenoxy) is 3. The van der Waals surface area contributed by atoms with Crippen molar-refractivity contribution >= 4 is 28.3 Å². The van der Waals surface area contributed by atoms with Crippen LogP contribution in [0.3, 0.4) is 0 Å². The van der Waals surface area contributed by atoms with Gasteiger partial charge in [-0.25, -0.2) is 18.0 Å². The third kappa shape index (κ3) is 4.80. The maximum atomic E-state index is 14.6. The third-order valence-electron chi connectivity index (χ3n) is 4.80. The molecule has 0 saturated carbocycles. The molecule has 0 radical (unpaired) electrons. The van der Waals surface area contributed by atoms with Gasteiger partial charge < -0.3 is 24.8 Å². The molecule has 3 aromatic carbocycles. The van der Waals surface area contributed by atoms with E-state index in [9.17, 15) is 18.0 Å². The number of nitrogens with zero attached hydrogens (tertiary/aromatic N) is 1. The molecule has 0 saturated heterocycles. The first-order valence-corrected chi connectivity index (χ1v) is 9.89. The molecule has 1 aromatic heterocycles. The summed E-state index contributed by atoms with van der Waals surface area (Å²) in [6.07, 6.45) is 1.54. The van der Waals surface area contributed by atoms with E-state index in [4.69, 9.17) is 14.2 Å². The average molecular weight is 469 g/mol. The van der Waals surface area contributed by atoms with Gasteiger partial charge in [0, 0.05) is 35.5 Å². The Kier molecular flexibility index (Phi) is 6.39. The van der Waals surface area contributed by atoms with Gasteiger partial charge in [-0.3, -0.25) is 4.98 Å². The van der Waals surface area contributed by atoms with Crippen molar-refractivity contribution in [2.24, 2.45) is 0 Å². The van der Waals surface area contributed by atoms with Crippen LogP contribution in [0, 0.1) is 17.5 Å². The quantitative estimate of drug-likeness (QED) is 0.356. The molecule has 0 aliphatic carbocycles. The van der Waals surface area contributed by atoms with E-state index in [2.05, 4.69) is 15.6 Å². The second-order valence-corrected chi connectivity index (χ2v) is 6.99. The molecule has 0 aliphatic rings. The van der Waals surface area contributed by atoms with Gasteiger partial charge in [0.2, 0.25) is 0 Å². The lowest BCUT2D eigenvalue weighted by atomic mass is 10.2. The summed E-state index contributed by atoms with van der Waals surface area (Å²) in [6.45, 7) is 0. The van der Waals surface area contributed by atoms with Crippen molar-refractivity contribution in [2.45, 2.75) is 0 Å². The summed E-state index contributed by atoms with van der Waals surface area (Å²) >= 11 is 0. The van der Waals surface area contributed by atoms with Crippen LogP contribution in [0.2, 0.25) is 0 Å². The molecule has 174 valence electrons. The van der Waals surface area contributed by atoms with Crippen LogP contribution in [0.1, 0.15) is 0 Å². The van der Waals surface area contributed by atoms with Crippen LogP contribution in [0.25, 0.3) is 10.9 Å². The first-order chi connectivity index (χ1) is 16.4. The van der Waals surface area contributed by atoms with E-state index in [0.29, 0.717) is 28.2 Å². The average Bonchev–Trinajstić information content (AvgIpc) is 2.82. The molecule has 0 fully saturated rings. The Morgan fingerprint density at radius 3 is 2.26 bits per heavy atom. The third-order valence-corrected chi connectivity index (χ3v) is 4.80. The SMILES string of the molecule is COc1cc2nccc(Oc3ccc(NC(=O)Nc4ccc(F)c(F)c4)c(F)c3)c2cc1OC. The maximum Gasteiger partial charge on any atom is 0.323 e. The maximum absolute atomic E-state index is 14.6. The number of halogens is 3. The molecule has 7 nitrogen and oxygen atoms in total. The number of carbonyl (C=O) groups is 1. The van der Waals surface area contributed by atoms with Gasteiger partial charge in [-0.15, -0.1) is 0 Å². The first-order valence-electron chi connectivity index (χ1n) is 9.89. The van der Waals surface area contributed by atoms with Gasteiger partial charge in [0.05, 0.1) is 25.4 Å². The smallest absolute Gasteiger partial charge is 0.323 e. The highest BCUT2D eigenvalue weighted by molar-refractivity contribution is 5.99. The minimum Gasteiger partial charge on any atom is -0.493 e. The van der Waals surface area contributed by atoms with Crippen molar-refractivity contribution in [3.8, 4) is 23.0 Å². The monoisotopic (exact) mass is 469 g/mol. The highest BCUT2D eigenvalue weighted by Gasteiger charge is 2.14. The lowest BCUT2D eigenvalue weighted by Gasteiger charge is -2.13. The molecule has 0 spiro atoms. The second kappa shape index (κ2) is 9.57. The lowest BCUT2D eigenvalue weighted by molar-refractivity contribution is 0.262. The van der Waals surface area contributed by atoms with Crippen LogP contribution in [-0.4, -0.2) is 25.2 Å². The Morgan fingerprint density at radius 2 is 1.56 bits per heavy atom. The lowest BCUT2D eigenvalue weighted by Crippen LogP contribution is -2.20. The van der Waals surface area contributed by atoms with Crippen molar-refractivity contribution in [2.75, 3.05) is 24.9 Å². The number of benzene rings is 3. The van der Waals surface area contributed by atoms with Crippen LogP contribution in [0.5, 0.6) is 23.0 Å². The van der Waals surface area contributed by atoms with Gasteiger partial charge >= 0.3 is 6.03 Å². The van der Waals surface area contributed by atoms with Crippen molar-refractivity contribution in [1.82, 2.24) is 4.98 Å². The Morgan fingerprint density at radius 1 is 0.794 bits per heavy atom. The van der Waals surface area contributed by atoms with E-state index in [0.717, 1.165) is 18.2 Å². The van der Waals surface area contributed by atoms with E-state index in [1.807, 2.05) is 0 Å². The summed E-state index contributed by atoms with van der Waals surface area (Å²) in [6, 6.07) is 10.9. The van der Waals surface area contributed by atoms with E-state index in [1.165, 1.54) is 32.4 Å². The van der Waals surface area contributed by atoms with E-state index in [1.54, 1.807) is 24.4 Å². The second-order valence-electron chi connectivity index (χ2n) is 6.99. The van der Waals surface area contributed by atoms with E-state index >= 15 is 0 Å². The number of anilines is 2. The Hall–Kier alpha value is -4.47. The number of fused-ring (bicyclic) bond motifs is 1. The van der Waals surface area contributed by atoms with Gasteiger partial charge in [0.25, 0.3) is 0 Å². The molecule has 2 amide bonds. The zero-order chi connectivity index (χ0) is 24.2. The molecule has 2 N–H and O–H groups in total. The van der Waals surface area contributed by atoms with Crippen molar-refractivity contribution < 1.29 is 32.2 Å². The molecule has 0 unspecified atom stereocenters. The minimum atomic E-state index is -1.12. The van der Waals surface area contributed by atoms with Gasteiger partial charge in [0.1, 0.15) is 17.3 Å². The summed E-state index contributed by atoms with van der Waals surface area (Å²) in [5.74, 6) is -1.38. The molecule has 10 heteroatoms. The molecule has 4 aromatic rings. The number of nitrogens with one attached hydrogen (secondary N) is 2. The predicted molar refractivity (Wildman–Crippen MR) is 120 cm³/mol. The minimum absolute atomic E-state index is 0.00776. The standard InChI is InChI=1S/C24H18F3N3O4/c1-32-22-11-15-20(12-23(22)33-2)28-8-7-21(15)34-14-4-6-19(18(27)10-14)30-24(31)29-13-3-5-16(25)17(26)9-13/h3-12H,1-2H3,(H2,29,30,31). The zero-order valence-electron chi connectivity index (χ0n) is 18.0. The van der Waals surface area contributed by atoms with E-state index in [-0.39, 0.29) is 17.1 Å². The molecule has 34 heavy (non-hydrogen) atoms. The molecule has 0 atom stereocenters. The normalized spacial score (nSPS) is 10.6. The highest BCUT2D eigenvalue weighted by Crippen LogP contribution is 2.37. The Balaban J connectivity index is 1.51. The summed E-state index contributed by atoms with van der Waals surface area (Å²) in [5, 5.41) is 5.22. The topological polar surface area (TPSA) is 81.7 Å². The van der Waals surface area contributed by atoms with Crippen LogP contribution in [0.15, 0.2) is 60.8 Å². The zero-order valence-corrected chi connectivity index (χ0v) is 18.0. The summed E-state index contributed by atoms with van der Waals surface area (Å²) in [5.41, 5.74) is 0.453. The summed E-state index contributed by atoms with van der Waals surface area (Å²) in [7, 11) is 3.02. The number of rotatable bonds is 6. The largest absolute Gasteiger partial charge is 0.493 e. The number of aromatic nitrogens is 1. The van der Waals surface area contributed by atoms with Crippen LogP contribution >= 0.6 is 0 Å². The number of hydrogen-bond acceptors (Lipinski definition) is 5. The predicted octanol–water partition coefficient (Wildman–Crippen LogP) is 6.11. The fraction of sp³-hybridized carbons (Fsp3) is 0.0833. The van der Waals surface area contributed by atoms with Gasteiger partial charge in [-0.05, 0) is 36.4 Å². The highest BCUT2D eigenvalue weighted by atomic mass is 19.2. The molecule has 0 bridgehead atoms. The number of amides is 2. The molecule has 0 aliphatic heterocycles. The van der Waals surface area contributed by atoms with Crippen molar-refractivity contribution in [3.63, 3.8) is 0 Å². The van der Waals surface area contributed by atoms with E-state index < -0.39 is 23.5 Å². The van der Waals surface area contributed by atoms with Gasteiger partial charge in [-0.2, -0.15) is 0 Å². The Bertz CT molecular complexity index is 1380. The molecular formula is C24H18F3N3O4. The van der Waals surface area contributed by atoms with Gasteiger partial charge in [-0.1, -0.05) is 0 Å². The molecule has 1 heterocycles. The van der Waals surface area contributed by atoms with Crippen LogP contribution < -0.4 is 24.8 Å². The molecule has 4 rings (SSSR count). The van der Waals surface area contributed by atoms with Crippen LogP contribution in [0.4, 0.5) is 29.3 Å². The number of methoxy groups -OCH3 is 2. The first kappa shape index (κ1) is 22.7. The summed E-state index contributed by atoms with van der Waals surface area (Å²) < 4.78 is 57.4. The number of carbonyl (C=O) groups excluding carboxylic acids is 1. The molecular weight excluding hydrogens is 451 g/mol. The van der Waals surface area contributed by atoms with Crippen molar-refractivity contribution in [3.05, 3.63) is 78.2 Å². The van der Waals surface area contributed by atoms with Crippen LogP contribution in [-0.2, 0) is 0 Å². The number of pyridine rings is 1.